The topological polar surface area (TPSA) is 61.4 Å². The summed E-state index contributed by atoms with van der Waals surface area (Å²) < 4.78 is 4.14. The summed E-state index contributed by atoms with van der Waals surface area (Å²) in [6.07, 6.45) is 20.4. The Kier molecular flexibility index (Phi) is 8.07. The summed E-state index contributed by atoms with van der Waals surface area (Å²) in [6, 6.07) is 10.3. The first kappa shape index (κ1) is 22.7. The quantitative estimate of drug-likeness (QED) is 0.347. The van der Waals surface area contributed by atoms with E-state index in [9.17, 15) is 0 Å². The lowest BCUT2D eigenvalue weighted by Gasteiger charge is -2.33. The number of aryl methyl sites for hydroxylation is 1. The highest BCUT2D eigenvalue weighted by Gasteiger charge is 2.38. The summed E-state index contributed by atoms with van der Waals surface area (Å²) in [4.78, 5) is 0. The molecule has 0 bridgehead atoms. The van der Waals surface area contributed by atoms with E-state index in [0.717, 1.165) is 36.3 Å². The van der Waals surface area contributed by atoms with Gasteiger partial charge in [-0.1, -0.05) is 112 Å². The van der Waals surface area contributed by atoms with Gasteiger partial charge in [0, 0.05) is 12.1 Å². The van der Waals surface area contributed by atoms with Crippen LogP contribution in [0.5, 0.6) is 0 Å². The van der Waals surface area contributed by atoms with E-state index in [4.69, 9.17) is 5.10 Å². The molecule has 1 saturated carbocycles. The van der Waals surface area contributed by atoms with Gasteiger partial charge < -0.3 is 0 Å². The van der Waals surface area contributed by atoms with E-state index in [0.29, 0.717) is 0 Å². The van der Waals surface area contributed by atoms with E-state index in [1.807, 2.05) is 22.9 Å². The number of aromatic nitrogens is 6. The molecule has 0 aliphatic heterocycles. The van der Waals surface area contributed by atoms with Gasteiger partial charge in [0.2, 0.25) is 0 Å². The Labute approximate surface area is 192 Å². The Hall–Kier alpha value is -2.50. The van der Waals surface area contributed by atoms with E-state index in [2.05, 4.69) is 51.7 Å². The summed E-state index contributed by atoms with van der Waals surface area (Å²) in [5.74, 6) is 0. The molecule has 6 heteroatoms. The van der Waals surface area contributed by atoms with Gasteiger partial charge in [-0.25, -0.2) is 4.68 Å². The zero-order chi connectivity index (χ0) is 22.1. The molecule has 4 rings (SSSR count). The molecule has 1 aliphatic rings. The molecule has 1 aromatic carbocycles. The third-order valence-electron chi connectivity index (χ3n) is 6.94. The molecule has 0 saturated heterocycles. The summed E-state index contributed by atoms with van der Waals surface area (Å²) in [6.45, 7) is 3.21. The average molecular weight is 435 g/mol. The smallest absolute Gasteiger partial charge is 0.113 e. The first-order valence-electron chi connectivity index (χ1n) is 12.7. The van der Waals surface area contributed by atoms with Crippen LogP contribution in [0.15, 0.2) is 42.7 Å². The molecule has 3 aromatic rings. The molecule has 0 atom stereocenters. The normalized spacial score (nSPS) is 16.5. The van der Waals surface area contributed by atoms with Crippen LogP contribution in [0.2, 0.25) is 0 Å². The van der Waals surface area contributed by atoms with Gasteiger partial charge in [-0.05, 0) is 19.3 Å². The van der Waals surface area contributed by atoms with Gasteiger partial charge >= 0.3 is 0 Å². The molecular weight excluding hydrogens is 396 g/mol. The molecule has 0 radical (unpaired) electrons. The summed E-state index contributed by atoms with van der Waals surface area (Å²) >= 11 is 0. The minimum absolute atomic E-state index is 0.250. The van der Waals surface area contributed by atoms with Gasteiger partial charge in [-0.3, -0.25) is 4.68 Å². The highest BCUT2D eigenvalue weighted by atomic mass is 15.5. The van der Waals surface area contributed by atoms with Gasteiger partial charge in [0.15, 0.2) is 0 Å². The van der Waals surface area contributed by atoms with Crippen molar-refractivity contribution in [3.05, 3.63) is 48.4 Å². The second-order valence-corrected chi connectivity index (χ2v) is 9.35. The lowest BCUT2D eigenvalue weighted by atomic mass is 9.81. The summed E-state index contributed by atoms with van der Waals surface area (Å²) in [5, 5.41) is 18.4. The van der Waals surface area contributed by atoms with Crippen LogP contribution >= 0.6 is 0 Å². The standard InChI is InChI=1S/C26H38N6/c1-2-3-4-5-9-15-20-31-22-25(28-29-31)26(18-13-7-6-8-14-19-26)32-21-24(27-30-32)23-16-11-10-12-17-23/h10-12,16-17,21-22H,2-9,13-15,18-20H2,1H3. The van der Waals surface area contributed by atoms with Crippen molar-refractivity contribution in [1.82, 2.24) is 30.0 Å². The van der Waals surface area contributed by atoms with Gasteiger partial charge in [-0.15, -0.1) is 10.2 Å². The molecule has 1 fully saturated rings. The van der Waals surface area contributed by atoms with Gasteiger partial charge in [0.05, 0.1) is 12.4 Å². The molecule has 0 amide bonds. The minimum Gasteiger partial charge on any atom is -0.252 e. The van der Waals surface area contributed by atoms with Crippen LogP contribution in [0.25, 0.3) is 11.3 Å². The maximum atomic E-state index is 4.70. The molecule has 0 N–H and O–H groups in total. The van der Waals surface area contributed by atoms with Crippen molar-refractivity contribution in [2.75, 3.05) is 0 Å². The van der Waals surface area contributed by atoms with Gasteiger partial charge in [-0.2, -0.15) is 0 Å². The van der Waals surface area contributed by atoms with Gasteiger partial charge in [0.25, 0.3) is 0 Å². The zero-order valence-electron chi connectivity index (χ0n) is 19.6. The fourth-order valence-corrected chi connectivity index (χ4v) is 4.98. The Morgan fingerprint density at radius 1 is 0.781 bits per heavy atom. The molecule has 2 aromatic heterocycles. The number of unbranched alkanes of at least 4 members (excludes halogenated alkanes) is 5. The second kappa shape index (κ2) is 11.4. The molecule has 172 valence electrons. The first-order valence-corrected chi connectivity index (χ1v) is 12.7. The molecular formula is C26H38N6. The number of nitrogens with zero attached hydrogens (tertiary/aromatic N) is 6. The van der Waals surface area contributed by atoms with Crippen LogP contribution in [0, 0.1) is 0 Å². The SMILES string of the molecule is CCCCCCCCn1cc(C2(n3cc(-c4ccccc4)nn3)CCCCCCC2)nn1. The Bertz CT molecular complexity index is 921. The predicted molar refractivity (Wildman–Crippen MR) is 128 cm³/mol. The molecule has 2 heterocycles. The van der Waals surface area contributed by atoms with Crippen LogP contribution in [0.4, 0.5) is 0 Å². The van der Waals surface area contributed by atoms with Crippen molar-refractivity contribution in [1.29, 1.82) is 0 Å². The van der Waals surface area contributed by atoms with Crippen LogP contribution in [-0.4, -0.2) is 30.0 Å². The number of rotatable bonds is 10. The van der Waals surface area contributed by atoms with E-state index in [-0.39, 0.29) is 5.54 Å². The van der Waals surface area contributed by atoms with Crippen LogP contribution in [0.1, 0.15) is 96.1 Å². The molecule has 0 unspecified atom stereocenters. The highest BCUT2D eigenvalue weighted by Crippen LogP contribution is 2.38. The van der Waals surface area contributed by atoms with E-state index >= 15 is 0 Å². The Morgan fingerprint density at radius 3 is 2.28 bits per heavy atom. The van der Waals surface area contributed by atoms with E-state index in [1.54, 1.807) is 0 Å². The number of benzene rings is 1. The van der Waals surface area contributed by atoms with Crippen molar-refractivity contribution in [3.63, 3.8) is 0 Å². The third-order valence-corrected chi connectivity index (χ3v) is 6.94. The largest absolute Gasteiger partial charge is 0.252 e. The summed E-state index contributed by atoms with van der Waals surface area (Å²) in [5.41, 5.74) is 2.83. The van der Waals surface area contributed by atoms with Crippen molar-refractivity contribution in [2.24, 2.45) is 0 Å². The third kappa shape index (κ3) is 5.45. The average Bonchev–Trinajstić information content (AvgIpc) is 3.48. The van der Waals surface area contributed by atoms with Crippen molar-refractivity contribution < 1.29 is 0 Å². The Morgan fingerprint density at radius 2 is 1.50 bits per heavy atom. The maximum Gasteiger partial charge on any atom is 0.113 e. The molecule has 0 spiro atoms. The number of hydrogen-bond acceptors (Lipinski definition) is 4. The van der Waals surface area contributed by atoms with Crippen LogP contribution in [0.3, 0.4) is 0 Å². The van der Waals surface area contributed by atoms with E-state index in [1.165, 1.54) is 70.6 Å². The van der Waals surface area contributed by atoms with Crippen molar-refractivity contribution in [2.45, 2.75) is 102 Å². The van der Waals surface area contributed by atoms with Crippen LogP contribution < -0.4 is 0 Å². The first-order chi connectivity index (χ1) is 15.8. The van der Waals surface area contributed by atoms with Crippen LogP contribution in [-0.2, 0) is 12.1 Å². The lowest BCUT2D eigenvalue weighted by molar-refractivity contribution is 0.232. The maximum absolute atomic E-state index is 4.70. The molecule has 6 nitrogen and oxygen atoms in total. The fourth-order valence-electron chi connectivity index (χ4n) is 4.98. The second-order valence-electron chi connectivity index (χ2n) is 9.35. The highest BCUT2D eigenvalue weighted by molar-refractivity contribution is 5.57. The van der Waals surface area contributed by atoms with Crippen molar-refractivity contribution >= 4 is 0 Å². The molecule has 1 aliphatic carbocycles. The van der Waals surface area contributed by atoms with Gasteiger partial charge in [0.1, 0.15) is 16.9 Å². The minimum atomic E-state index is -0.250. The number of hydrogen-bond donors (Lipinski definition) is 0. The lowest BCUT2D eigenvalue weighted by Crippen LogP contribution is -2.37. The fraction of sp³-hybridized carbons (Fsp3) is 0.615. The Balaban J connectivity index is 1.54. The monoisotopic (exact) mass is 434 g/mol. The molecule has 32 heavy (non-hydrogen) atoms. The summed E-state index contributed by atoms with van der Waals surface area (Å²) in [7, 11) is 0. The predicted octanol–water partition coefficient (Wildman–Crippen LogP) is 6.39. The van der Waals surface area contributed by atoms with Crippen molar-refractivity contribution in [3.8, 4) is 11.3 Å². The van der Waals surface area contributed by atoms with E-state index < -0.39 is 0 Å². The zero-order valence-corrected chi connectivity index (χ0v) is 19.6.